The van der Waals surface area contributed by atoms with Crippen molar-refractivity contribution in [3.05, 3.63) is 17.0 Å². The Morgan fingerprint density at radius 3 is 2.50 bits per heavy atom. The van der Waals surface area contributed by atoms with Gasteiger partial charge in [0.25, 0.3) is 0 Å². The molecule has 0 bridgehead atoms. The second-order valence-electron chi connectivity index (χ2n) is 2.73. The smallest absolute Gasteiger partial charge is 0.357 e. The van der Waals surface area contributed by atoms with E-state index in [1.54, 1.807) is 0 Å². The van der Waals surface area contributed by atoms with E-state index in [0.717, 1.165) is 0 Å². The van der Waals surface area contributed by atoms with Crippen LogP contribution >= 0.6 is 0 Å². The van der Waals surface area contributed by atoms with Gasteiger partial charge >= 0.3 is 11.9 Å². The first-order chi connectivity index (χ1) is 6.49. The molecule has 1 aromatic heterocycles. The summed E-state index contributed by atoms with van der Waals surface area (Å²) in [5, 5.41) is 12.7. The third kappa shape index (κ3) is 1.46. The van der Waals surface area contributed by atoms with E-state index in [1.807, 2.05) is 0 Å². The van der Waals surface area contributed by atoms with Crippen molar-refractivity contribution < 1.29 is 19.4 Å². The molecule has 0 aliphatic heterocycles. The lowest BCUT2D eigenvalue weighted by atomic mass is 10.2. The van der Waals surface area contributed by atoms with Crippen LogP contribution in [0.1, 0.15) is 26.5 Å². The van der Waals surface area contributed by atoms with E-state index in [-0.39, 0.29) is 11.3 Å². The molecule has 0 radical (unpaired) electrons. The molecule has 0 spiro atoms. The maximum Gasteiger partial charge on any atom is 0.357 e. The average molecular weight is 198 g/mol. The van der Waals surface area contributed by atoms with Crippen molar-refractivity contribution in [2.45, 2.75) is 6.92 Å². The van der Waals surface area contributed by atoms with Gasteiger partial charge in [0.1, 0.15) is 5.56 Å². The van der Waals surface area contributed by atoms with Crippen molar-refractivity contribution in [1.29, 1.82) is 0 Å². The van der Waals surface area contributed by atoms with Gasteiger partial charge in [0, 0.05) is 7.05 Å². The number of carbonyl (C=O) groups is 2. The molecule has 1 N–H and O–H groups in total. The van der Waals surface area contributed by atoms with Gasteiger partial charge in [-0.2, -0.15) is 5.10 Å². The zero-order valence-electron chi connectivity index (χ0n) is 8.07. The maximum absolute atomic E-state index is 11.2. The van der Waals surface area contributed by atoms with E-state index >= 15 is 0 Å². The van der Waals surface area contributed by atoms with Gasteiger partial charge in [0.05, 0.1) is 12.8 Å². The quantitative estimate of drug-likeness (QED) is 0.687. The van der Waals surface area contributed by atoms with E-state index in [0.29, 0.717) is 5.69 Å². The Kier molecular flexibility index (Phi) is 2.55. The van der Waals surface area contributed by atoms with Crippen LogP contribution in [0, 0.1) is 6.92 Å². The molecule has 0 amide bonds. The van der Waals surface area contributed by atoms with Crippen molar-refractivity contribution in [1.82, 2.24) is 9.78 Å². The number of carbonyl (C=O) groups excluding carboxylic acids is 1. The Morgan fingerprint density at radius 1 is 1.50 bits per heavy atom. The molecule has 0 aliphatic carbocycles. The van der Waals surface area contributed by atoms with Gasteiger partial charge in [0.15, 0.2) is 5.69 Å². The highest BCUT2D eigenvalue weighted by Gasteiger charge is 2.25. The number of aryl methyl sites for hydroxylation is 2. The molecule has 0 unspecified atom stereocenters. The molecule has 0 fully saturated rings. The second-order valence-corrected chi connectivity index (χ2v) is 2.73. The third-order valence-electron chi connectivity index (χ3n) is 1.81. The number of methoxy groups -OCH3 is 1. The molecular weight excluding hydrogens is 188 g/mol. The minimum Gasteiger partial charge on any atom is -0.478 e. The summed E-state index contributed by atoms with van der Waals surface area (Å²) >= 11 is 0. The number of esters is 1. The van der Waals surface area contributed by atoms with Crippen LogP contribution < -0.4 is 0 Å². The minimum absolute atomic E-state index is 0.0440. The number of carboxylic acid groups (broad SMARTS) is 1. The van der Waals surface area contributed by atoms with Gasteiger partial charge in [-0.1, -0.05) is 0 Å². The lowest BCUT2D eigenvalue weighted by Gasteiger charge is -2.00. The zero-order chi connectivity index (χ0) is 10.9. The summed E-state index contributed by atoms with van der Waals surface area (Å²) in [4.78, 5) is 22.0. The largest absolute Gasteiger partial charge is 0.478 e. The van der Waals surface area contributed by atoms with Crippen molar-refractivity contribution in [2.24, 2.45) is 7.05 Å². The van der Waals surface area contributed by atoms with Crippen LogP contribution in [0.3, 0.4) is 0 Å². The molecule has 1 rings (SSSR count). The summed E-state index contributed by atoms with van der Waals surface area (Å²) in [5.41, 5.74) is 0.136. The van der Waals surface area contributed by atoms with Crippen molar-refractivity contribution in [3.63, 3.8) is 0 Å². The highest BCUT2D eigenvalue weighted by molar-refractivity contribution is 6.02. The molecule has 0 saturated heterocycles. The molecule has 6 heteroatoms. The summed E-state index contributed by atoms with van der Waals surface area (Å²) in [6, 6.07) is 0. The molecular formula is C8H10N2O4. The molecule has 0 aromatic carbocycles. The fraction of sp³-hybridized carbons (Fsp3) is 0.375. The SMILES string of the molecule is COC(=O)c1c(C(=O)O)c(C)nn1C. The Bertz CT molecular complexity index is 394. The topological polar surface area (TPSA) is 81.4 Å². The standard InChI is InChI=1S/C8H10N2O4/c1-4-5(7(11)12)6(8(13)14-3)10(2)9-4/h1-3H3,(H,11,12). The van der Waals surface area contributed by atoms with Crippen LogP contribution in [0.2, 0.25) is 0 Å². The Hall–Kier alpha value is -1.85. The number of aromatic carboxylic acids is 1. The predicted molar refractivity (Wildman–Crippen MR) is 46.2 cm³/mol. The van der Waals surface area contributed by atoms with Crippen LogP contribution in [0.5, 0.6) is 0 Å². The molecule has 1 heterocycles. The maximum atomic E-state index is 11.2. The lowest BCUT2D eigenvalue weighted by molar-refractivity contribution is 0.0571. The number of ether oxygens (including phenoxy) is 1. The highest BCUT2D eigenvalue weighted by Crippen LogP contribution is 2.13. The van der Waals surface area contributed by atoms with Gasteiger partial charge < -0.3 is 9.84 Å². The van der Waals surface area contributed by atoms with Gasteiger partial charge in [-0.15, -0.1) is 0 Å². The van der Waals surface area contributed by atoms with Crippen molar-refractivity contribution >= 4 is 11.9 Å². The molecule has 76 valence electrons. The van der Waals surface area contributed by atoms with E-state index in [2.05, 4.69) is 9.84 Å². The molecule has 0 saturated carbocycles. The molecule has 1 aromatic rings. The Labute approximate surface area is 80.1 Å². The number of aromatic nitrogens is 2. The summed E-state index contributed by atoms with van der Waals surface area (Å²) in [6.07, 6.45) is 0. The van der Waals surface area contributed by atoms with Crippen LogP contribution in [0.25, 0.3) is 0 Å². The molecule has 0 atom stereocenters. The Balaban J connectivity index is 3.39. The predicted octanol–water partition coefficient (Wildman–Crippen LogP) is 0.213. The first kappa shape index (κ1) is 10.2. The summed E-state index contributed by atoms with van der Waals surface area (Å²) in [6.45, 7) is 1.52. The number of nitrogens with zero attached hydrogens (tertiary/aromatic N) is 2. The van der Waals surface area contributed by atoms with Crippen LogP contribution in [-0.2, 0) is 11.8 Å². The zero-order valence-corrected chi connectivity index (χ0v) is 8.07. The summed E-state index contributed by atoms with van der Waals surface area (Å²) in [5.74, 6) is -1.89. The summed E-state index contributed by atoms with van der Waals surface area (Å²) < 4.78 is 5.66. The van der Waals surface area contributed by atoms with Gasteiger partial charge in [-0.3, -0.25) is 4.68 Å². The third-order valence-corrected chi connectivity index (χ3v) is 1.81. The number of carboxylic acids is 1. The fourth-order valence-corrected chi connectivity index (χ4v) is 1.25. The van der Waals surface area contributed by atoms with Gasteiger partial charge in [-0.25, -0.2) is 9.59 Å². The summed E-state index contributed by atoms with van der Waals surface area (Å²) in [7, 11) is 2.68. The Morgan fingerprint density at radius 2 is 2.07 bits per heavy atom. The minimum atomic E-state index is -1.18. The van der Waals surface area contributed by atoms with Crippen LogP contribution in [0.4, 0.5) is 0 Å². The number of hydrogen-bond donors (Lipinski definition) is 1. The van der Waals surface area contributed by atoms with Crippen molar-refractivity contribution in [2.75, 3.05) is 7.11 Å². The van der Waals surface area contributed by atoms with E-state index in [1.165, 1.54) is 25.8 Å². The van der Waals surface area contributed by atoms with E-state index in [4.69, 9.17) is 5.11 Å². The van der Waals surface area contributed by atoms with E-state index in [9.17, 15) is 9.59 Å². The molecule has 6 nitrogen and oxygen atoms in total. The van der Waals surface area contributed by atoms with E-state index < -0.39 is 11.9 Å². The number of hydrogen-bond acceptors (Lipinski definition) is 4. The molecule has 0 aliphatic rings. The molecule has 14 heavy (non-hydrogen) atoms. The van der Waals surface area contributed by atoms with Crippen LogP contribution in [-0.4, -0.2) is 33.9 Å². The average Bonchev–Trinajstić information content (AvgIpc) is 2.39. The van der Waals surface area contributed by atoms with Crippen molar-refractivity contribution in [3.8, 4) is 0 Å². The van der Waals surface area contributed by atoms with Gasteiger partial charge in [-0.05, 0) is 6.92 Å². The second kappa shape index (κ2) is 3.49. The highest BCUT2D eigenvalue weighted by atomic mass is 16.5. The first-order valence-corrected chi connectivity index (χ1v) is 3.84. The number of rotatable bonds is 2. The fourth-order valence-electron chi connectivity index (χ4n) is 1.25. The van der Waals surface area contributed by atoms with Crippen LogP contribution in [0.15, 0.2) is 0 Å². The lowest BCUT2D eigenvalue weighted by Crippen LogP contribution is -2.13. The van der Waals surface area contributed by atoms with Gasteiger partial charge in [0.2, 0.25) is 0 Å². The first-order valence-electron chi connectivity index (χ1n) is 3.84. The monoisotopic (exact) mass is 198 g/mol. The normalized spacial score (nSPS) is 9.93.